The lowest BCUT2D eigenvalue weighted by Crippen LogP contribution is -2.39. The number of para-hydroxylation sites is 1. The molecule has 0 bridgehead atoms. The number of hydrogen-bond acceptors (Lipinski definition) is 6. The maximum Gasteiger partial charge on any atom is 0.355 e. The van der Waals surface area contributed by atoms with E-state index in [1.165, 1.54) is 46.7 Å². The van der Waals surface area contributed by atoms with Crippen LogP contribution in [0.25, 0.3) is 0 Å². The molecular formula is C17H17F2N3O3S2. The van der Waals surface area contributed by atoms with Crippen molar-refractivity contribution in [1.82, 2.24) is 9.88 Å². The largest absolute Gasteiger partial charge is 0.476 e. The molecule has 144 valence electrons. The third kappa shape index (κ3) is 4.75. The van der Waals surface area contributed by atoms with Crippen molar-refractivity contribution in [3.8, 4) is 0 Å². The average Bonchev–Trinajstić information content (AvgIpc) is 3.23. The first-order valence-electron chi connectivity index (χ1n) is 8.24. The number of anilines is 1. The first-order valence-corrected chi connectivity index (χ1v) is 10.1. The van der Waals surface area contributed by atoms with Gasteiger partial charge in [-0.3, -0.25) is 4.79 Å². The van der Waals surface area contributed by atoms with E-state index in [-0.39, 0.29) is 29.9 Å². The van der Waals surface area contributed by atoms with Crippen LogP contribution in [0.5, 0.6) is 0 Å². The van der Waals surface area contributed by atoms with Gasteiger partial charge in [0.1, 0.15) is 17.3 Å². The minimum atomic E-state index is -1.07. The first kappa shape index (κ1) is 19.6. The molecule has 1 fully saturated rings. The summed E-state index contributed by atoms with van der Waals surface area (Å²) in [6.07, 6.45) is 1.02. The molecule has 2 heterocycles. The Bertz CT molecular complexity index is 826. The molecule has 6 nitrogen and oxygen atoms in total. The monoisotopic (exact) mass is 413 g/mol. The maximum absolute atomic E-state index is 13.7. The van der Waals surface area contributed by atoms with Crippen LogP contribution in [0.4, 0.5) is 14.5 Å². The van der Waals surface area contributed by atoms with E-state index >= 15 is 0 Å². The smallest absolute Gasteiger partial charge is 0.355 e. The van der Waals surface area contributed by atoms with Gasteiger partial charge in [0.25, 0.3) is 0 Å². The van der Waals surface area contributed by atoms with E-state index < -0.39 is 17.6 Å². The zero-order chi connectivity index (χ0) is 19.4. The van der Waals surface area contributed by atoms with Crippen molar-refractivity contribution in [2.75, 3.05) is 24.2 Å². The number of benzene rings is 1. The number of carboxylic acid groups (broad SMARTS) is 1. The second-order valence-corrected chi connectivity index (χ2v) is 8.11. The number of amides is 1. The quantitative estimate of drug-likeness (QED) is 0.646. The Balaban J connectivity index is 1.53. The number of carboxylic acids is 1. The molecule has 2 N–H and O–H groups in total. The molecule has 27 heavy (non-hydrogen) atoms. The highest BCUT2D eigenvalue weighted by Gasteiger charge is 2.30. The van der Waals surface area contributed by atoms with E-state index in [0.29, 0.717) is 29.5 Å². The van der Waals surface area contributed by atoms with Gasteiger partial charge in [-0.2, -0.15) is 0 Å². The lowest BCUT2D eigenvalue weighted by atomic mass is 10.2. The number of carbonyl (C=O) groups excluding carboxylic acids is 1. The second-order valence-electron chi connectivity index (χ2n) is 5.91. The average molecular weight is 413 g/mol. The Kier molecular flexibility index (Phi) is 6.27. The number of thiazole rings is 1. The molecule has 1 saturated heterocycles. The first-order chi connectivity index (χ1) is 13.0. The van der Waals surface area contributed by atoms with Gasteiger partial charge in [-0.1, -0.05) is 17.8 Å². The molecular weight excluding hydrogens is 396 g/mol. The Hall–Kier alpha value is -2.20. The number of carbonyl (C=O) groups is 2. The number of likely N-dealkylation sites (tertiary alicyclic amines) is 1. The summed E-state index contributed by atoms with van der Waals surface area (Å²) < 4.78 is 28.1. The van der Waals surface area contributed by atoms with Crippen molar-refractivity contribution < 1.29 is 23.5 Å². The van der Waals surface area contributed by atoms with Crippen molar-refractivity contribution in [3.05, 3.63) is 40.9 Å². The summed E-state index contributed by atoms with van der Waals surface area (Å²) >= 11 is 2.62. The number of thioether (sulfide) groups is 1. The molecule has 0 saturated carbocycles. The van der Waals surface area contributed by atoms with E-state index in [9.17, 15) is 18.4 Å². The topological polar surface area (TPSA) is 82.5 Å². The zero-order valence-corrected chi connectivity index (χ0v) is 15.8. The van der Waals surface area contributed by atoms with Crippen molar-refractivity contribution >= 4 is 40.7 Å². The standard InChI is InChI=1S/C17H17F2N3O3S2/c18-11-2-1-3-12(19)15(11)20-8-10-4-5-14(23)22(10)6-7-26-17-21-13(9-27-17)16(24)25/h1-3,9-10,20H,4-8H2,(H,24,25)/t10-/m1/s1. The summed E-state index contributed by atoms with van der Waals surface area (Å²) in [6.45, 7) is 0.715. The van der Waals surface area contributed by atoms with Crippen LogP contribution >= 0.6 is 23.1 Å². The fourth-order valence-corrected chi connectivity index (χ4v) is 4.66. The Morgan fingerprint density at radius 1 is 1.41 bits per heavy atom. The van der Waals surface area contributed by atoms with Crippen LogP contribution in [-0.4, -0.2) is 51.8 Å². The zero-order valence-electron chi connectivity index (χ0n) is 14.2. The number of rotatable bonds is 8. The molecule has 0 unspecified atom stereocenters. The normalized spacial score (nSPS) is 16.7. The SMILES string of the molecule is O=C(O)c1csc(SCCN2C(=O)CC[C@@H]2CNc2c(F)cccc2F)n1. The van der Waals surface area contributed by atoms with Crippen LogP contribution in [0.3, 0.4) is 0 Å². The number of aromatic nitrogens is 1. The molecule has 2 aromatic rings. The summed E-state index contributed by atoms with van der Waals surface area (Å²) in [7, 11) is 0. The van der Waals surface area contributed by atoms with Gasteiger partial charge in [0, 0.05) is 36.7 Å². The predicted octanol–water partition coefficient (Wildman–Crippen LogP) is 3.31. The molecule has 1 aliphatic heterocycles. The fourth-order valence-electron chi connectivity index (χ4n) is 2.85. The molecule has 3 rings (SSSR count). The van der Waals surface area contributed by atoms with Gasteiger partial charge in [-0.05, 0) is 18.6 Å². The second kappa shape index (κ2) is 8.66. The summed E-state index contributed by atoms with van der Waals surface area (Å²) in [5.74, 6) is -1.84. The van der Waals surface area contributed by atoms with Gasteiger partial charge in [-0.15, -0.1) is 11.3 Å². The van der Waals surface area contributed by atoms with Crippen molar-refractivity contribution in [1.29, 1.82) is 0 Å². The summed E-state index contributed by atoms with van der Waals surface area (Å²) in [5, 5.41) is 13.1. The van der Waals surface area contributed by atoms with Crippen LogP contribution in [0.2, 0.25) is 0 Å². The third-order valence-electron chi connectivity index (χ3n) is 4.19. The maximum atomic E-state index is 13.7. The highest BCUT2D eigenvalue weighted by molar-refractivity contribution is 8.01. The highest BCUT2D eigenvalue weighted by Crippen LogP contribution is 2.26. The van der Waals surface area contributed by atoms with Gasteiger partial charge in [0.2, 0.25) is 5.91 Å². The van der Waals surface area contributed by atoms with Gasteiger partial charge in [-0.25, -0.2) is 18.6 Å². The molecule has 0 aliphatic carbocycles. The number of aromatic carboxylic acids is 1. The lowest BCUT2D eigenvalue weighted by molar-refractivity contribution is -0.128. The number of nitrogens with zero attached hydrogens (tertiary/aromatic N) is 2. The molecule has 1 aromatic carbocycles. The Morgan fingerprint density at radius 3 is 2.81 bits per heavy atom. The van der Waals surface area contributed by atoms with Crippen LogP contribution in [0.15, 0.2) is 27.9 Å². The van der Waals surface area contributed by atoms with Gasteiger partial charge < -0.3 is 15.3 Å². The predicted molar refractivity (Wildman–Crippen MR) is 99.4 cm³/mol. The van der Waals surface area contributed by atoms with E-state index in [4.69, 9.17) is 5.11 Å². The van der Waals surface area contributed by atoms with Crippen LogP contribution in [0.1, 0.15) is 23.3 Å². The summed E-state index contributed by atoms with van der Waals surface area (Å²) in [4.78, 5) is 28.6. The minimum absolute atomic E-state index is 0.00164. The fraction of sp³-hybridized carbons (Fsp3) is 0.353. The van der Waals surface area contributed by atoms with E-state index in [1.807, 2.05) is 0 Å². The van der Waals surface area contributed by atoms with Crippen LogP contribution in [0, 0.1) is 11.6 Å². The molecule has 0 radical (unpaired) electrons. The molecule has 1 aliphatic rings. The van der Waals surface area contributed by atoms with Gasteiger partial charge >= 0.3 is 5.97 Å². The molecule has 1 atom stereocenters. The molecule has 1 aromatic heterocycles. The van der Waals surface area contributed by atoms with Crippen molar-refractivity contribution in [3.63, 3.8) is 0 Å². The molecule has 0 spiro atoms. The highest BCUT2D eigenvalue weighted by atomic mass is 32.2. The van der Waals surface area contributed by atoms with E-state index in [1.54, 1.807) is 4.90 Å². The Labute approximate surface area is 162 Å². The number of halogens is 2. The lowest BCUT2D eigenvalue weighted by Gasteiger charge is -2.25. The van der Waals surface area contributed by atoms with E-state index in [2.05, 4.69) is 10.3 Å². The minimum Gasteiger partial charge on any atom is -0.476 e. The van der Waals surface area contributed by atoms with Crippen molar-refractivity contribution in [2.24, 2.45) is 0 Å². The molecule has 10 heteroatoms. The summed E-state index contributed by atoms with van der Waals surface area (Å²) in [6, 6.07) is 3.51. The number of nitrogens with one attached hydrogen (secondary N) is 1. The van der Waals surface area contributed by atoms with Crippen molar-refractivity contribution in [2.45, 2.75) is 23.2 Å². The van der Waals surface area contributed by atoms with E-state index in [0.717, 1.165) is 0 Å². The number of hydrogen-bond donors (Lipinski definition) is 2. The third-order valence-corrected chi connectivity index (χ3v) is 6.19. The van der Waals surface area contributed by atoms with Crippen LogP contribution in [-0.2, 0) is 4.79 Å². The van der Waals surface area contributed by atoms with Gasteiger partial charge in [0.15, 0.2) is 10.0 Å². The van der Waals surface area contributed by atoms with Crippen LogP contribution < -0.4 is 5.32 Å². The van der Waals surface area contributed by atoms with Gasteiger partial charge in [0.05, 0.1) is 0 Å². The molecule has 1 amide bonds. The Morgan fingerprint density at radius 2 is 2.15 bits per heavy atom. The summed E-state index contributed by atoms with van der Waals surface area (Å²) in [5.41, 5.74) is -0.177.